The van der Waals surface area contributed by atoms with Crippen molar-refractivity contribution < 1.29 is 14.3 Å². The lowest BCUT2D eigenvalue weighted by atomic mass is 9.97. The molecule has 0 spiro atoms. The molecule has 0 saturated carbocycles. The van der Waals surface area contributed by atoms with Gasteiger partial charge in [-0.1, -0.05) is 18.2 Å². The maximum Gasteiger partial charge on any atom is 0.324 e. The smallest absolute Gasteiger partial charge is 0.324 e. The number of pyridine rings is 1. The van der Waals surface area contributed by atoms with Gasteiger partial charge in [-0.2, -0.15) is 0 Å². The summed E-state index contributed by atoms with van der Waals surface area (Å²) in [6.07, 6.45) is 5.07. The van der Waals surface area contributed by atoms with Crippen LogP contribution in [0.2, 0.25) is 0 Å². The lowest BCUT2D eigenvalue weighted by molar-refractivity contribution is -0.126. The number of hydrogen-bond acceptors (Lipinski definition) is 4. The second-order valence-corrected chi connectivity index (χ2v) is 7.11. The van der Waals surface area contributed by atoms with Gasteiger partial charge in [-0.3, -0.25) is 14.7 Å². The number of hydrogen-bond donors (Lipinski definition) is 1. The fraction of sp³-hybridized carbons (Fsp3) is 0.381. The molecule has 1 saturated heterocycles. The van der Waals surface area contributed by atoms with Crippen molar-refractivity contribution in [2.24, 2.45) is 5.92 Å². The minimum Gasteiger partial charge on any atom is -0.490 e. The van der Waals surface area contributed by atoms with E-state index in [1.807, 2.05) is 36.4 Å². The highest BCUT2D eigenvalue weighted by Crippen LogP contribution is 2.32. The first-order valence-corrected chi connectivity index (χ1v) is 9.67. The zero-order valence-electron chi connectivity index (χ0n) is 15.7. The van der Waals surface area contributed by atoms with Gasteiger partial charge in [-0.15, -0.1) is 0 Å². The van der Waals surface area contributed by atoms with E-state index in [9.17, 15) is 9.59 Å². The van der Waals surface area contributed by atoms with Crippen molar-refractivity contribution in [2.45, 2.75) is 19.4 Å². The van der Waals surface area contributed by atoms with Gasteiger partial charge in [0.2, 0.25) is 5.91 Å². The third-order valence-corrected chi connectivity index (χ3v) is 5.21. The van der Waals surface area contributed by atoms with Crippen molar-refractivity contribution in [3.05, 3.63) is 54.4 Å². The summed E-state index contributed by atoms with van der Waals surface area (Å²) < 4.78 is 5.64. The lowest BCUT2D eigenvalue weighted by Gasteiger charge is -2.37. The molecule has 0 radical (unpaired) electrons. The van der Waals surface area contributed by atoms with E-state index in [2.05, 4.69) is 10.3 Å². The van der Waals surface area contributed by atoms with Gasteiger partial charge in [-0.25, -0.2) is 4.79 Å². The number of anilines is 1. The molecule has 3 amide bonds. The van der Waals surface area contributed by atoms with Crippen LogP contribution in [0.1, 0.15) is 18.4 Å². The molecular weight excluding hydrogens is 356 g/mol. The van der Waals surface area contributed by atoms with Crippen LogP contribution in [0.5, 0.6) is 5.75 Å². The van der Waals surface area contributed by atoms with Crippen molar-refractivity contribution in [1.29, 1.82) is 0 Å². The number of urea groups is 1. The fourth-order valence-electron chi connectivity index (χ4n) is 3.74. The number of aromatic nitrogens is 1. The SMILES string of the molecule is O=C(NCc1cccnc1)C1CCCN(C(=O)N2CCOc3ccccc32)C1. The zero-order valence-corrected chi connectivity index (χ0v) is 15.7. The average Bonchev–Trinajstić information content (AvgIpc) is 2.77. The molecule has 1 aromatic carbocycles. The molecule has 2 aliphatic rings. The summed E-state index contributed by atoms with van der Waals surface area (Å²) in [5.74, 6) is 0.527. The van der Waals surface area contributed by atoms with Crippen LogP contribution in [0, 0.1) is 5.92 Å². The Hall–Kier alpha value is -3.09. The Morgan fingerprint density at radius 3 is 2.93 bits per heavy atom. The number of amides is 3. The van der Waals surface area contributed by atoms with E-state index in [0.29, 0.717) is 32.8 Å². The van der Waals surface area contributed by atoms with Crippen LogP contribution >= 0.6 is 0 Å². The Bertz CT molecular complexity index is 843. The standard InChI is InChI=1S/C21H24N4O3/c26-20(23-14-16-5-3-9-22-13-16)17-6-4-10-24(15-17)21(27)25-11-12-28-19-8-2-1-7-18(19)25/h1-3,5,7-9,13,17H,4,6,10-12,14-15H2,(H,23,26). The largest absolute Gasteiger partial charge is 0.490 e. The molecule has 1 aromatic heterocycles. The van der Waals surface area contributed by atoms with Gasteiger partial charge in [0.1, 0.15) is 12.4 Å². The third-order valence-electron chi connectivity index (χ3n) is 5.21. The van der Waals surface area contributed by atoms with Gasteiger partial charge in [0.15, 0.2) is 0 Å². The summed E-state index contributed by atoms with van der Waals surface area (Å²) in [7, 11) is 0. The van der Waals surface area contributed by atoms with Crippen LogP contribution < -0.4 is 15.0 Å². The number of ether oxygens (including phenoxy) is 1. The number of piperidine rings is 1. The number of benzene rings is 1. The molecule has 1 fully saturated rings. The first kappa shape index (κ1) is 18.3. The van der Waals surface area contributed by atoms with Gasteiger partial charge in [0.05, 0.1) is 18.2 Å². The highest BCUT2D eigenvalue weighted by Gasteiger charge is 2.33. The molecular formula is C21H24N4O3. The van der Waals surface area contributed by atoms with E-state index in [4.69, 9.17) is 4.74 Å². The van der Waals surface area contributed by atoms with Crippen LogP contribution in [0.3, 0.4) is 0 Å². The number of carbonyl (C=O) groups is 2. The highest BCUT2D eigenvalue weighted by molar-refractivity contribution is 5.94. The Kier molecular flexibility index (Phi) is 5.41. The maximum atomic E-state index is 13.1. The number of likely N-dealkylation sites (tertiary alicyclic amines) is 1. The van der Waals surface area contributed by atoms with Gasteiger partial charge in [-0.05, 0) is 36.6 Å². The topological polar surface area (TPSA) is 74.8 Å². The molecule has 7 nitrogen and oxygen atoms in total. The molecule has 7 heteroatoms. The number of nitrogens with one attached hydrogen (secondary N) is 1. The summed E-state index contributed by atoms with van der Waals surface area (Å²) in [5, 5.41) is 2.97. The molecule has 28 heavy (non-hydrogen) atoms. The Morgan fingerprint density at radius 2 is 2.07 bits per heavy atom. The fourth-order valence-corrected chi connectivity index (χ4v) is 3.74. The number of carbonyl (C=O) groups excluding carboxylic acids is 2. The molecule has 146 valence electrons. The van der Waals surface area contributed by atoms with Gasteiger partial charge < -0.3 is 15.0 Å². The monoisotopic (exact) mass is 380 g/mol. The summed E-state index contributed by atoms with van der Waals surface area (Å²) >= 11 is 0. The van der Waals surface area contributed by atoms with Crippen LogP contribution in [0.25, 0.3) is 0 Å². The molecule has 0 bridgehead atoms. The molecule has 0 aliphatic carbocycles. The van der Waals surface area contributed by atoms with Crippen LogP contribution in [0.4, 0.5) is 10.5 Å². The van der Waals surface area contributed by atoms with E-state index >= 15 is 0 Å². The van der Waals surface area contributed by atoms with Crippen LogP contribution in [-0.2, 0) is 11.3 Å². The third kappa shape index (κ3) is 3.93. The highest BCUT2D eigenvalue weighted by atomic mass is 16.5. The minimum atomic E-state index is -0.189. The van der Waals surface area contributed by atoms with Crippen molar-refractivity contribution >= 4 is 17.6 Å². The quantitative estimate of drug-likeness (QED) is 0.887. The van der Waals surface area contributed by atoms with Gasteiger partial charge >= 0.3 is 6.03 Å². The Morgan fingerprint density at radius 1 is 1.18 bits per heavy atom. The van der Waals surface area contributed by atoms with Crippen molar-refractivity contribution in [2.75, 3.05) is 31.1 Å². The molecule has 2 aromatic rings. The number of rotatable bonds is 3. The van der Waals surface area contributed by atoms with Gasteiger partial charge in [0, 0.05) is 32.0 Å². The van der Waals surface area contributed by atoms with Crippen LogP contribution in [0.15, 0.2) is 48.8 Å². The van der Waals surface area contributed by atoms with E-state index in [1.165, 1.54) is 0 Å². The zero-order chi connectivity index (χ0) is 19.3. The Labute approximate surface area is 164 Å². The Balaban J connectivity index is 1.38. The summed E-state index contributed by atoms with van der Waals surface area (Å²) in [5.41, 5.74) is 1.76. The molecule has 2 aliphatic heterocycles. The van der Waals surface area contributed by atoms with Gasteiger partial charge in [0.25, 0.3) is 0 Å². The summed E-state index contributed by atoms with van der Waals surface area (Å²) in [4.78, 5) is 33.3. The average molecular weight is 380 g/mol. The second-order valence-electron chi connectivity index (χ2n) is 7.11. The van der Waals surface area contributed by atoms with Crippen molar-refractivity contribution in [3.8, 4) is 5.75 Å². The molecule has 1 atom stereocenters. The predicted molar refractivity (Wildman–Crippen MR) is 105 cm³/mol. The van der Waals surface area contributed by atoms with Crippen molar-refractivity contribution in [3.63, 3.8) is 0 Å². The summed E-state index contributed by atoms with van der Waals surface area (Å²) in [6, 6.07) is 11.3. The lowest BCUT2D eigenvalue weighted by Crippen LogP contribution is -2.52. The van der Waals surface area contributed by atoms with Crippen LogP contribution in [-0.4, -0.2) is 48.1 Å². The van der Waals surface area contributed by atoms with E-state index in [1.54, 1.807) is 22.2 Å². The number of fused-ring (bicyclic) bond motifs is 1. The molecule has 1 N–H and O–H groups in total. The second kappa shape index (κ2) is 8.29. The first-order valence-electron chi connectivity index (χ1n) is 9.67. The summed E-state index contributed by atoms with van der Waals surface area (Å²) in [6.45, 7) is 2.56. The first-order chi connectivity index (χ1) is 13.7. The normalized spacial score (nSPS) is 18.8. The minimum absolute atomic E-state index is 0.0104. The maximum absolute atomic E-state index is 13.1. The molecule has 3 heterocycles. The number of nitrogens with zero attached hydrogens (tertiary/aromatic N) is 3. The molecule has 1 unspecified atom stereocenters. The predicted octanol–water partition coefficient (Wildman–Crippen LogP) is 2.43. The molecule has 4 rings (SSSR count). The van der Waals surface area contributed by atoms with E-state index < -0.39 is 0 Å². The van der Waals surface area contributed by atoms with E-state index in [0.717, 1.165) is 29.8 Å². The number of para-hydroxylation sites is 2. The van der Waals surface area contributed by atoms with Crippen molar-refractivity contribution in [1.82, 2.24) is 15.2 Å². The van der Waals surface area contributed by atoms with E-state index in [-0.39, 0.29) is 17.9 Å².